The molecule has 0 atom stereocenters. The Labute approximate surface area is 129 Å². The first-order valence-corrected chi connectivity index (χ1v) is 8.14. The zero-order chi connectivity index (χ0) is 15.5. The Balaban J connectivity index is 2.12. The molecule has 0 bridgehead atoms. The molecule has 21 heavy (non-hydrogen) atoms. The Morgan fingerprint density at radius 2 is 1.86 bits per heavy atom. The smallest absolute Gasteiger partial charge is 0.319 e. The third kappa shape index (κ3) is 7.60. The predicted molar refractivity (Wildman–Crippen MR) is 85.7 cm³/mol. The summed E-state index contributed by atoms with van der Waals surface area (Å²) in [5, 5.41) is 5.57. The van der Waals surface area contributed by atoms with Crippen LogP contribution in [-0.4, -0.2) is 31.9 Å². The van der Waals surface area contributed by atoms with Gasteiger partial charge in [0.1, 0.15) is 0 Å². The summed E-state index contributed by atoms with van der Waals surface area (Å²) in [6, 6.07) is 7.48. The van der Waals surface area contributed by atoms with Crippen molar-refractivity contribution in [2.75, 3.05) is 25.2 Å². The molecule has 0 aliphatic rings. The number of urea groups is 1. The van der Waals surface area contributed by atoms with E-state index < -0.39 is 0 Å². The lowest BCUT2D eigenvalue weighted by molar-refractivity contribution is -0.140. The maximum atomic E-state index is 11.7. The molecule has 2 N–H and O–H groups in total. The van der Waals surface area contributed by atoms with Gasteiger partial charge in [-0.15, -0.1) is 11.8 Å². The van der Waals surface area contributed by atoms with Crippen molar-refractivity contribution in [3.63, 3.8) is 0 Å². The van der Waals surface area contributed by atoms with E-state index in [-0.39, 0.29) is 12.0 Å². The Morgan fingerprint density at radius 1 is 1.14 bits per heavy atom. The van der Waals surface area contributed by atoms with Gasteiger partial charge in [-0.2, -0.15) is 0 Å². The number of ether oxygens (including phenoxy) is 1. The largest absolute Gasteiger partial charge is 0.469 e. The van der Waals surface area contributed by atoms with Crippen LogP contribution in [0.25, 0.3) is 0 Å². The highest BCUT2D eigenvalue weighted by Gasteiger charge is 2.02. The third-order valence-electron chi connectivity index (χ3n) is 2.92. The number of esters is 1. The molecule has 116 valence electrons. The van der Waals surface area contributed by atoms with E-state index in [0.717, 1.165) is 29.8 Å². The van der Waals surface area contributed by atoms with Crippen molar-refractivity contribution >= 4 is 29.4 Å². The number of thioether (sulfide) groups is 1. The molecule has 0 unspecified atom stereocenters. The van der Waals surface area contributed by atoms with Gasteiger partial charge in [-0.25, -0.2) is 4.79 Å². The average Bonchev–Trinajstić information content (AvgIpc) is 2.51. The first-order chi connectivity index (χ1) is 10.2. The molecule has 6 heteroatoms. The second-order valence-electron chi connectivity index (χ2n) is 4.50. The molecule has 0 heterocycles. The molecular formula is C15H22N2O3S. The molecule has 1 rings (SSSR count). The number of amides is 2. The summed E-state index contributed by atoms with van der Waals surface area (Å²) in [5.74, 6) is -0.186. The first kappa shape index (κ1) is 17.4. The average molecular weight is 310 g/mol. The molecule has 0 aliphatic carbocycles. The van der Waals surface area contributed by atoms with Crippen LogP contribution in [0.1, 0.15) is 25.7 Å². The number of carbonyl (C=O) groups is 2. The summed E-state index contributed by atoms with van der Waals surface area (Å²) in [6.07, 6.45) is 4.96. The fourth-order valence-corrected chi connectivity index (χ4v) is 2.13. The van der Waals surface area contributed by atoms with E-state index in [1.54, 1.807) is 11.8 Å². The molecule has 0 saturated heterocycles. The van der Waals surface area contributed by atoms with Crippen molar-refractivity contribution < 1.29 is 14.3 Å². The lowest BCUT2D eigenvalue weighted by atomic mass is 10.2. The Kier molecular flexibility index (Phi) is 8.35. The van der Waals surface area contributed by atoms with Crippen LogP contribution < -0.4 is 10.6 Å². The van der Waals surface area contributed by atoms with Crippen molar-refractivity contribution in [2.24, 2.45) is 0 Å². The summed E-state index contributed by atoms with van der Waals surface area (Å²) >= 11 is 1.66. The number of anilines is 1. The number of carbonyl (C=O) groups excluding carboxylic acids is 2. The number of rotatable bonds is 8. The highest BCUT2D eigenvalue weighted by molar-refractivity contribution is 7.98. The molecule has 0 aliphatic heterocycles. The van der Waals surface area contributed by atoms with Gasteiger partial charge in [0.25, 0.3) is 0 Å². The summed E-state index contributed by atoms with van der Waals surface area (Å²) in [7, 11) is 1.39. The van der Waals surface area contributed by atoms with Gasteiger partial charge in [0.2, 0.25) is 0 Å². The lowest BCUT2D eigenvalue weighted by Crippen LogP contribution is -2.29. The normalized spacial score (nSPS) is 10.0. The van der Waals surface area contributed by atoms with Crippen LogP contribution in [0.5, 0.6) is 0 Å². The lowest BCUT2D eigenvalue weighted by Gasteiger charge is -2.08. The van der Waals surface area contributed by atoms with Crippen LogP contribution in [0.4, 0.5) is 10.5 Å². The van der Waals surface area contributed by atoms with Crippen molar-refractivity contribution in [2.45, 2.75) is 30.6 Å². The second kappa shape index (κ2) is 10.1. The van der Waals surface area contributed by atoms with Crippen LogP contribution in [0.2, 0.25) is 0 Å². The van der Waals surface area contributed by atoms with E-state index >= 15 is 0 Å². The molecule has 0 saturated carbocycles. The fraction of sp³-hybridized carbons (Fsp3) is 0.467. The molecule has 0 fully saturated rings. The van der Waals surface area contributed by atoms with E-state index in [1.165, 1.54) is 7.11 Å². The maximum Gasteiger partial charge on any atom is 0.319 e. The summed E-state index contributed by atoms with van der Waals surface area (Å²) in [5.41, 5.74) is 0.774. The molecule has 2 amide bonds. The maximum absolute atomic E-state index is 11.7. The van der Waals surface area contributed by atoms with Gasteiger partial charge in [0.15, 0.2) is 0 Å². The second-order valence-corrected chi connectivity index (χ2v) is 5.38. The van der Waals surface area contributed by atoms with Gasteiger partial charge in [0.05, 0.1) is 7.11 Å². The summed E-state index contributed by atoms with van der Waals surface area (Å²) in [6.45, 7) is 0.593. The number of benzene rings is 1. The van der Waals surface area contributed by atoms with Crippen molar-refractivity contribution in [1.29, 1.82) is 0 Å². The van der Waals surface area contributed by atoms with E-state index in [2.05, 4.69) is 15.4 Å². The third-order valence-corrected chi connectivity index (χ3v) is 3.66. The zero-order valence-corrected chi connectivity index (χ0v) is 13.3. The van der Waals surface area contributed by atoms with Gasteiger partial charge < -0.3 is 15.4 Å². The number of methoxy groups -OCH3 is 1. The molecule has 1 aromatic rings. The van der Waals surface area contributed by atoms with Gasteiger partial charge in [-0.1, -0.05) is 6.42 Å². The standard InChI is InChI=1S/C15H22N2O3S/c1-20-14(18)6-4-3-5-11-16-15(19)17-12-7-9-13(21-2)10-8-12/h7-10H,3-6,11H2,1-2H3,(H2,16,17,19). The van der Waals surface area contributed by atoms with Crippen molar-refractivity contribution in [3.05, 3.63) is 24.3 Å². The highest BCUT2D eigenvalue weighted by atomic mass is 32.2. The summed E-state index contributed by atoms with van der Waals surface area (Å²) in [4.78, 5) is 23.7. The monoisotopic (exact) mass is 310 g/mol. The molecular weight excluding hydrogens is 288 g/mol. The molecule has 0 radical (unpaired) electrons. The number of hydrogen-bond donors (Lipinski definition) is 2. The van der Waals surface area contributed by atoms with Gasteiger partial charge in [-0.3, -0.25) is 4.79 Å². The topological polar surface area (TPSA) is 67.4 Å². The van der Waals surface area contributed by atoms with Crippen LogP contribution in [0.15, 0.2) is 29.2 Å². The number of unbranched alkanes of at least 4 members (excludes halogenated alkanes) is 2. The van der Waals surface area contributed by atoms with E-state index in [9.17, 15) is 9.59 Å². The Bertz CT molecular complexity index is 449. The Hall–Kier alpha value is -1.69. The quantitative estimate of drug-likeness (QED) is 0.439. The molecule has 1 aromatic carbocycles. The predicted octanol–water partition coefficient (Wildman–Crippen LogP) is 3.26. The number of hydrogen-bond acceptors (Lipinski definition) is 4. The SMILES string of the molecule is COC(=O)CCCCCNC(=O)Nc1ccc(SC)cc1. The highest BCUT2D eigenvalue weighted by Crippen LogP contribution is 2.17. The van der Waals surface area contributed by atoms with E-state index in [1.807, 2.05) is 30.5 Å². The van der Waals surface area contributed by atoms with E-state index in [4.69, 9.17) is 0 Å². The van der Waals surface area contributed by atoms with E-state index in [0.29, 0.717) is 13.0 Å². The summed E-state index contributed by atoms with van der Waals surface area (Å²) < 4.78 is 4.56. The van der Waals surface area contributed by atoms with Gasteiger partial charge in [-0.05, 0) is 43.4 Å². The van der Waals surface area contributed by atoms with Gasteiger partial charge >= 0.3 is 12.0 Å². The van der Waals surface area contributed by atoms with Gasteiger partial charge in [0, 0.05) is 23.5 Å². The molecule has 5 nitrogen and oxygen atoms in total. The molecule has 0 spiro atoms. The minimum Gasteiger partial charge on any atom is -0.469 e. The minimum atomic E-state index is -0.208. The van der Waals surface area contributed by atoms with Crippen LogP contribution >= 0.6 is 11.8 Å². The van der Waals surface area contributed by atoms with Crippen LogP contribution in [-0.2, 0) is 9.53 Å². The molecule has 0 aromatic heterocycles. The number of nitrogens with one attached hydrogen (secondary N) is 2. The van der Waals surface area contributed by atoms with Crippen molar-refractivity contribution in [3.8, 4) is 0 Å². The Morgan fingerprint density at radius 3 is 2.48 bits per heavy atom. The minimum absolute atomic E-state index is 0.186. The van der Waals surface area contributed by atoms with Crippen molar-refractivity contribution in [1.82, 2.24) is 5.32 Å². The fourth-order valence-electron chi connectivity index (χ4n) is 1.72. The first-order valence-electron chi connectivity index (χ1n) is 6.91. The van der Waals surface area contributed by atoms with Crippen LogP contribution in [0, 0.1) is 0 Å². The van der Waals surface area contributed by atoms with Crippen LogP contribution in [0.3, 0.4) is 0 Å². The zero-order valence-electron chi connectivity index (χ0n) is 12.5.